The van der Waals surface area contributed by atoms with Gasteiger partial charge in [0.15, 0.2) is 0 Å². The molecule has 1 N–H and O–H groups in total. The van der Waals surface area contributed by atoms with E-state index in [0.717, 1.165) is 50.4 Å². The largest absolute Gasteiger partial charge is 0.493 e. The lowest BCUT2D eigenvalue weighted by Gasteiger charge is -2.13. The average Bonchev–Trinajstić information content (AvgIpc) is 2.36. The van der Waals surface area contributed by atoms with E-state index in [2.05, 4.69) is 36.2 Å². The van der Waals surface area contributed by atoms with E-state index >= 15 is 0 Å². The van der Waals surface area contributed by atoms with E-state index in [1.807, 2.05) is 12.3 Å². The summed E-state index contributed by atoms with van der Waals surface area (Å²) in [5, 5.41) is 3.37. The van der Waals surface area contributed by atoms with Crippen molar-refractivity contribution in [2.75, 3.05) is 33.8 Å². The summed E-state index contributed by atoms with van der Waals surface area (Å²) in [4.78, 5) is 6.32. The number of rotatable bonds is 9. The Balaban J connectivity index is 2.38. The predicted molar refractivity (Wildman–Crippen MR) is 74.9 cm³/mol. The van der Waals surface area contributed by atoms with Crippen molar-refractivity contribution >= 4 is 0 Å². The first-order chi connectivity index (χ1) is 8.74. The molecule has 1 aromatic rings. The molecular formula is C14H25N3O. The maximum absolute atomic E-state index is 5.81. The summed E-state index contributed by atoms with van der Waals surface area (Å²) >= 11 is 0. The van der Waals surface area contributed by atoms with Crippen LogP contribution < -0.4 is 10.1 Å². The molecule has 0 saturated heterocycles. The van der Waals surface area contributed by atoms with Gasteiger partial charge in [0.2, 0.25) is 0 Å². The second-order valence-corrected chi connectivity index (χ2v) is 4.67. The fourth-order valence-corrected chi connectivity index (χ4v) is 1.65. The normalized spacial score (nSPS) is 10.9. The second kappa shape index (κ2) is 8.89. The minimum absolute atomic E-state index is 0.753. The predicted octanol–water partition coefficient (Wildman–Crippen LogP) is 1.91. The van der Waals surface area contributed by atoms with Gasteiger partial charge in [0.05, 0.1) is 6.61 Å². The van der Waals surface area contributed by atoms with Crippen LogP contribution in [-0.4, -0.2) is 43.7 Å². The maximum atomic E-state index is 5.81. The topological polar surface area (TPSA) is 37.4 Å². The molecule has 0 radical (unpaired) electrons. The van der Waals surface area contributed by atoms with Crippen molar-refractivity contribution in [1.29, 1.82) is 0 Å². The van der Waals surface area contributed by atoms with Crippen LogP contribution in [-0.2, 0) is 6.54 Å². The highest BCUT2D eigenvalue weighted by atomic mass is 16.5. The highest BCUT2D eigenvalue weighted by Gasteiger charge is 2.03. The number of pyridine rings is 1. The van der Waals surface area contributed by atoms with Crippen LogP contribution in [0.1, 0.15) is 25.3 Å². The first-order valence-electron chi connectivity index (χ1n) is 6.65. The first-order valence-corrected chi connectivity index (χ1v) is 6.65. The molecule has 4 nitrogen and oxygen atoms in total. The van der Waals surface area contributed by atoms with Crippen LogP contribution in [0.5, 0.6) is 5.75 Å². The Labute approximate surface area is 110 Å². The minimum atomic E-state index is 0.753. The first kappa shape index (κ1) is 14.9. The van der Waals surface area contributed by atoms with Gasteiger partial charge in [-0.05, 0) is 39.5 Å². The summed E-state index contributed by atoms with van der Waals surface area (Å²) in [6.45, 7) is 5.81. The molecule has 0 fully saturated rings. The molecule has 0 atom stereocenters. The Morgan fingerprint density at radius 1 is 1.39 bits per heavy atom. The Bertz CT molecular complexity index is 329. The van der Waals surface area contributed by atoms with Crippen LogP contribution in [0.25, 0.3) is 0 Å². The van der Waals surface area contributed by atoms with Gasteiger partial charge in [0.25, 0.3) is 0 Å². The van der Waals surface area contributed by atoms with Crippen molar-refractivity contribution in [2.45, 2.75) is 26.3 Å². The van der Waals surface area contributed by atoms with E-state index in [0.29, 0.717) is 0 Å². The van der Waals surface area contributed by atoms with Gasteiger partial charge >= 0.3 is 0 Å². The highest BCUT2D eigenvalue weighted by molar-refractivity contribution is 5.29. The van der Waals surface area contributed by atoms with Gasteiger partial charge in [-0.15, -0.1) is 0 Å². The molecule has 102 valence electrons. The monoisotopic (exact) mass is 251 g/mol. The zero-order valence-electron chi connectivity index (χ0n) is 11.8. The minimum Gasteiger partial charge on any atom is -0.493 e. The molecule has 0 aliphatic carbocycles. The molecule has 0 spiro atoms. The summed E-state index contributed by atoms with van der Waals surface area (Å²) in [6, 6.07) is 1.94. The third-order valence-corrected chi connectivity index (χ3v) is 2.61. The van der Waals surface area contributed by atoms with Gasteiger partial charge in [-0.3, -0.25) is 4.98 Å². The number of aromatic nitrogens is 1. The molecule has 4 heteroatoms. The lowest BCUT2D eigenvalue weighted by atomic mass is 10.2. The van der Waals surface area contributed by atoms with Crippen molar-refractivity contribution in [3.8, 4) is 5.75 Å². The van der Waals surface area contributed by atoms with E-state index < -0.39 is 0 Å². The quantitative estimate of drug-likeness (QED) is 0.680. The van der Waals surface area contributed by atoms with E-state index in [9.17, 15) is 0 Å². The zero-order valence-corrected chi connectivity index (χ0v) is 11.8. The van der Waals surface area contributed by atoms with Crippen molar-refractivity contribution in [3.05, 3.63) is 24.0 Å². The lowest BCUT2D eigenvalue weighted by Crippen LogP contribution is -2.17. The van der Waals surface area contributed by atoms with E-state index in [1.54, 1.807) is 6.20 Å². The molecule has 1 aromatic heterocycles. The molecule has 0 aliphatic rings. The number of hydrogen-bond donors (Lipinski definition) is 1. The van der Waals surface area contributed by atoms with Crippen molar-refractivity contribution in [3.63, 3.8) is 0 Å². The van der Waals surface area contributed by atoms with E-state index in [-0.39, 0.29) is 0 Å². The van der Waals surface area contributed by atoms with Crippen molar-refractivity contribution in [1.82, 2.24) is 15.2 Å². The smallest absolute Gasteiger partial charge is 0.126 e. The summed E-state index contributed by atoms with van der Waals surface area (Å²) in [7, 11) is 4.15. The highest BCUT2D eigenvalue weighted by Crippen LogP contribution is 2.16. The van der Waals surface area contributed by atoms with Gasteiger partial charge in [0.1, 0.15) is 5.75 Å². The van der Waals surface area contributed by atoms with Gasteiger partial charge in [-0.1, -0.05) is 6.92 Å². The molecule has 0 amide bonds. The molecular weight excluding hydrogens is 226 g/mol. The summed E-state index contributed by atoms with van der Waals surface area (Å²) in [5.74, 6) is 0.951. The summed E-state index contributed by atoms with van der Waals surface area (Å²) in [5.41, 5.74) is 1.14. The fraction of sp³-hybridized carbons (Fsp3) is 0.643. The molecule has 0 bridgehead atoms. The van der Waals surface area contributed by atoms with E-state index in [4.69, 9.17) is 4.74 Å². The molecule has 0 aliphatic heterocycles. The van der Waals surface area contributed by atoms with Crippen LogP contribution in [0.3, 0.4) is 0 Å². The number of nitrogens with one attached hydrogen (secondary N) is 1. The Morgan fingerprint density at radius 2 is 2.22 bits per heavy atom. The van der Waals surface area contributed by atoms with Crippen LogP contribution in [0.15, 0.2) is 18.5 Å². The third kappa shape index (κ3) is 5.98. The Morgan fingerprint density at radius 3 is 2.94 bits per heavy atom. The Hall–Kier alpha value is -1.13. The molecule has 0 saturated carbocycles. The molecule has 0 aromatic carbocycles. The number of hydrogen-bond acceptors (Lipinski definition) is 4. The maximum Gasteiger partial charge on any atom is 0.126 e. The Kier molecular flexibility index (Phi) is 7.37. The molecule has 18 heavy (non-hydrogen) atoms. The standard InChI is InChI=1S/C14H25N3O/c1-4-7-15-11-13-12-16-8-6-14(13)18-10-5-9-17(2)3/h6,8,12,15H,4-5,7,9-11H2,1-3H3. The van der Waals surface area contributed by atoms with Gasteiger partial charge < -0.3 is 15.0 Å². The van der Waals surface area contributed by atoms with Crippen LogP contribution in [0.2, 0.25) is 0 Å². The third-order valence-electron chi connectivity index (χ3n) is 2.61. The average molecular weight is 251 g/mol. The molecule has 0 unspecified atom stereocenters. The van der Waals surface area contributed by atoms with Crippen molar-refractivity contribution < 1.29 is 4.74 Å². The lowest BCUT2D eigenvalue weighted by molar-refractivity contribution is 0.278. The zero-order chi connectivity index (χ0) is 13.2. The van der Waals surface area contributed by atoms with E-state index in [1.165, 1.54) is 0 Å². The van der Waals surface area contributed by atoms with Gasteiger partial charge in [-0.25, -0.2) is 0 Å². The fourth-order valence-electron chi connectivity index (χ4n) is 1.65. The van der Waals surface area contributed by atoms with Crippen LogP contribution in [0, 0.1) is 0 Å². The summed E-state index contributed by atoms with van der Waals surface area (Å²) in [6.07, 6.45) is 5.84. The van der Waals surface area contributed by atoms with Gasteiger partial charge in [0, 0.05) is 31.0 Å². The van der Waals surface area contributed by atoms with Crippen molar-refractivity contribution in [2.24, 2.45) is 0 Å². The molecule has 1 rings (SSSR count). The number of ether oxygens (including phenoxy) is 1. The van der Waals surface area contributed by atoms with Crippen LogP contribution in [0.4, 0.5) is 0 Å². The SMILES string of the molecule is CCCNCc1cnccc1OCCCN(C)C. The molecule has 1 heterocycles. The van der Waals surface area contributed by atoms with Crippen LogP contribution >= 0.6 is 0 Å². The summed E-state index contributed by atoms with van der Waals surface area (Å²) < 4.78 is 5.81. The van der Waals surface area contributed by atoms with Gasteiger partial charge in [-0.2, -0.15) is 0 Å². The number of nitrogens with zero attached hydrogens (tertiary/aromatic N) is 2. The second-order valence-electron chi connectivity index (χ2n) is 4.67.